The molecule has 0 heterocycles. The molecule has 27 heavy (non-hydrogen) atoms. The second-order valence-corrected chi connectivity index (χ2v) is 6.11. The molecule has 1 aliphatic carbocycles. The van der Waals surface area contributed by atoms with Gasteiger partial charge in [-0.3, -0.25) is 4.79 Å². The molecule has 1 rings (SSSR count). The highest BCUT2D eigenvalue weighted by Gasteiger charge is 2.70. The molecule has 0 bridgehead atoms. The van der Waals surface area contributed by atoms with E-state index < -0.39 is 59.5 Å². The average molecular weight is 412 g/mol. The molecule has 0 saturated heterocycles. The van der Waals surface area contributed by atoms with Crippen LogP contribution in [0.5, 0.6) is 0 Å². The largest absolute Gasteiger partial charge is 0.426 e. The number of hydrogen-bond donors (Lipinski definition) is 2. The molecule has 0 aliphatic heterocycles. The van der Waals surface area contributed by atoms with E-state index in [4.69, 9.17) is 0 Å². The summed E-state index contributed by atoms with van der Waals surface area (Å²) in [4.78, 5) is 11.0. The van der Waals surface area contributed by atoms with Crippen LogP contribution in [0.2, 0.25) is 0 Å². The number of rotatable bonds is 4. The van der Waals surface area contributed by atoms with Crippen molar-refractivity contribution in [3.05, 3.63) is 35.5 Å². The van der Waals surface area contributed by atoms with Gasteiger partial charge in [0, 0.05) is 12.8 Å². The van der Waals surface area contributed by atoms with Crippen molar-refractivity contribution in [1.82, 2.24) is 0 Å². The Morgan fingerprint density at radius 3 is 1.52 bits per heavy atom. The molecule has 0 spiro atoms. The fraction of sp³-hybridized carbons (Fsp3) is 0.533. The van der Waals surface area contributed by atoms with Crippen LogP contribution in [-0.2, 0) is 4.79 Å². The zero-order chi connectivity index (χ0) is 21.5. The molecule has 0 aromatic heterocycles. The zero-order valence-electron chi connectivity index (χ0n) is 13.4. The molecular formula is C15H13F9O3. The maximum absolute atomic E-state index is 12.9. The first-order valence-corrected chi connectivity index (χ1v) is 7.09. The molecule has 1 unspecified atom stereocenters. The summed E-state index contributed by atoms with van der Waals surface area (Å²) in [7, 11) is 0. The van der Waals surface area contributed by atoms with Gasteiger partial charge in [-0.15, -0.1) is 0 Å². The maximum atomic E-state index is 12.9. The van der Waals surface area contributed by atoms with E-state index in [1.807, 2.05) is 0 Å². The lowest BCUT2D eigenvalue weighted by atomic mass is 9.83. The van der Waals surface area contributed by atoms with E-state index in [0.29, 0.717) is 24.3 Å². The smallest absolute Gasteiger partial charge is 0.380 e. The maximum Gasteiger partial charge on any atom is 0.426 e. The summed E-state index contributed by atoms with van der Waals surface area (Å²) in [5.41, 5.74) is -10.8. The molecule has 0 fully saturated rings. The number of carbonyl (C=O) groups excluding carboxylic acids is 1. The van der Waals surface area contributed by atoms with Crippen molar-refractivity contribution < 1.29 is 54.5 Å². The SMILES string of the molecule is CC(O)(CC(CC(O)(C(F)(F)F)C(F)(F)F)=C1C=CC(=O)C=C1)C(F)(F)F. The molecule has 1 aliphatic rings. The Hall–Kier alpha value is -1.82. The minimum Gasteiger partial charge on any atom is -0.380 e. The Kier molecular flexibility index (Phi) is 5.99. The predicted molar refractivity (Wildman–Crippen MR) is 73.3 cm³/mol. The quantitative estimate of drug-likeness (QED) is 0.689. The monoisotopic (exact) mass is 412 g/mol. The number of ketones is 1. The van der Waals surface area contributed by atoms with Gasteiger partial charge in [0.2, 0.25) is 0 Å². The Morgan fingerprint density at radius 2 is 1.19 bits per heavy atom. The summed E-state index contributed by atoms with van der Waals surface area (Å²) in [5.74, 6) is -0.706. The van der Waals surface area contributed by atoms with E-state index in [-0.39, 0.29) is 6.92 Å². The lowest BCUT2D eigenvalue weighted by Gasteiger charge is -2.35. The molecule has 0 amide bonds. The number of carbonyl (C=O) groups is 1. The Morgan fingerprint density at radius 1 is 0.778 bits per heavy atom. The minimum atomic E-state index is -6.26. The summed E-state index contributed by atoms with van der Waals surface area (Å²) in [6.45, 7) is 0.162. The number of allylic oxidation sites excluding steroid dienone is 5. The third-order valence-electron chi connectivity index (χ3n) is 3.84. The van der Waals surface area contributed by atoms with E-state index in [0.717, 1.165) is 0 Å². The first kappa shape index (κ1) is 23.2. The summed E-state index contributed by atoms with van der Waals surface area (Å²) >= 11 is 0. The van der Waals surface area contributed by atoms with Gasteiger partial charge in [0.1, 0.15) is 0 Å². The zero-order valence-corrected chi connectivity index (χ0v) is 13.4. The molecule has 0 aromatic rings. The van der Waals surface area contributed by atoms with Gasteiger partial charge in [-0.05, 0) is 24.6 Å². The highest BCUT2D eigenvalue weighted by molar-refractivity contribution is 6.01. The van der Waals surface area contributed by atoms with Crippen molar-refractivity contribution in [2.45, 2.75) is 49.5 Å². The average Bonchev–Trinajstić information content (AvgIpc) is 2.43. The second kappa shape index (κ2) is 6.97. The summed E-state index contributed by atoms with van der Waals surface area (Å²) in [6.07, 6.45) is -19.1. The first-order chi connectivity index (χ1) is 11.8. The van der Waals surface area contributed by atoms with Crippen molar-refractivity contribution in [2.75, 3.05) is 0 Å². The topological polar surface area (TPSA) is 57.5 Å². The van der Waals surface area contributed by atoms with Gasteiger partial charge in [0.25, 0.3) is 5.60 Å². The van der Waals surface area contributed by atoms with Gasteiger partial charge in [0.15, 0.2) is 11.4 Å². The summed E-state index contributed by atoms with van der Waals surface area (Å²) < 4.78 is 116. The second-order valence-electron chi connectivity index (χ2n) is 6.11. The highest BCUT2D eigenvalue weighted by atomic mass is 19.4. The van der Waals surface area contributed by atoms with Gasteiger partial charge >= 0.3 is 18.5 Å². The van der Waals surface area contributed by atoms with Crippen LogP contribution in [0, 0.1) is 0 Å². The number of hydrogen-bond acceptors (Lipinski definition) is 3. The molecular weight excluding hydrogens is 399 g/mol. The van der Waals surface area contributed by atoms with Crippen molar-refractivity contribution in [1.29, 1.82) is 0 Å². The van der Waals surface area contributed by atoms with E-state index >= 15 is 0 Å². The van der Waals surface area contributed by atoms with E-state index in [1.54, 1.807) is 0 Å². The summed E-state index contributed by atoms with van der Waals surface area (Å²) in [6, 6.07) is 0. The molecule has 0 radical (unpaired) electrons. The fourth-order valence-corrected chi connectivity index (χ4v) is 2.14. The van der Waals surface area contributed by atoms with Crippen molar-refractivity contribution in [3.8, 4) is 0 Å². The third-order valence-corrected chi connectivity index (χ3v) is 3.84. The fourth-order valence-electron chi connectivity index (χ4n) is 2.14. The van der Waals surface area contributed by atoms with Crippen LogP contribution in [0.4, 0.5) is 39.5 Å². The van der Waals surface area contributed by atoms with Gasteiger partial charge in [-0.2, -0.15) is 39.5 Å². The predicted octanol–water partition coefficient (Wildman–Crippen LogP) is 3.93. The first-order valence-electron chi connectivity index (χ1n) is 7.09. The van der Waals surface area contributed by atoms with E-state index in [9.17, 15) is 54.5 Å². The lowest BCUT2D eigenvalue weighted by Crippen LogP contribution is -2.57. The van der Waals surface area contributed by atoms with Crippen molar-refractivity contribution >= 4 is 5.78 Å². The Labute approximate surface area is 146 Å². The van der Waals surface area contributed by atoms with Crippen LogP contribution in [0.3, 0.4) is 0 Å². The van der Waals surface area contributed by atoms with Crippen LogP contribution in [0.15, 0.2) is 35.5 Å². The van der Waals surface area contributed by atoms with Crippen LogP contribution >= 0.6 is 0 Å². The normalized spacial score (nSPS) is 18.7. The van der Waals surface area contributed by atoms with Crippen LogP contribution in [-0.4, -0.2) is 45.7 Å². The van der Waals surface area contributed by atoms with Gasteiger partial charge < -0.3 is 10.2 Å². The van der Waals surface area contributed by atoms with Crippen LogP contribution in [0.1, 0.15) is 19.8 Å². The van der Waals surface area contributed by atoms with E-state index in [1.165, 1.54) is 0 Å². The van der Waals surface area contributed by atoms with Crippen molar-refractivity contribution in [3.63, 3.8) is 0 Å². The Balaban J connectivity index is 3.53. The lowest BCUT2D eigenvalue weighted by molar-refractivity contribution is -0.367. The number of halogens is 9. The molecule has 0 aromatic carbocycles. The Bertz CT molecular complexity index is 644. The van der Waals surface area contributed by atoms with E-state index in [2.05, 4.69) is 0 Å². The standard InChI is InChI=1S/C15H13F9O3/c1-11(26,13(16,17)18)6-9(8-2-4-10(25)5-3-8)7-12(27,14(19,20)21)15(22,23)24/h2-5,26-27H,6-7H2,1H3. The number of aliphatic hydroxyl groups is 2. The molecule has 2 N–H and O–H groups in total. The van der Waals surface area contributed by atoms with Gasteiger partial charge in [-0.25, -0.2) is 0 Å². The third kappa shape index (κ3) is 4.92. The van der Waals surface area contributed by atoms with Crippen molar-refractivity contribution in [2.24, 2.45) is 0 Å². The highest BCUT2D eigenvalue weighted by Crippen LogP contribution is 2.49. The van der Waals surface area contributed by atoms with Gasteiger partial charge in [-0.1, -0.05) is 17.7 Å². The number of alkyl halides is 9. The van der Waals surface area contributed by atoms with Gasteiger partial charge in [0.05, 0.1) is 0 Å². The van der Waals surface area contributed by atoms with Crippen LogP contribution < -0.4 is 0 Å². The molecule has 154 valence electrons. The minimum absolute atomic E-state index is 0.162. The molecule has 12 heteroatoms. The molecule has 0 saturated carbocycles. The summed E-state index contributed by atoms with van der Waals surface area (Å²) in [5, 5.41) is 18.8. The molecule has 3 nitrogen and oxygen atoms in total. The van der Waals surface area contributed by atoms with Crippen LogP contribution in [0.25, 0.3) is 0 Å². The molecule has 1 atom stereocenters.